The lowest BCUT2D eigenvalue weighted by Crippen LogP contribution is -2.12. The monoisotopic (exact) mass is 294 g/mol. The molecule has 0 aliphatic heterocycles. The zero-order chi connectivity index (χ0) is 15.3. The van der Waals surface area contributed by atoms with Gasteiger partial charge in [0.05, 0.1) is 11.7 Å². The number of nitrogens with zero attached hydrogens (tertiary/aromatic N) is 4. The largest absolute Gasteiger partial charge is 0.437 e. The van der Waals surface area contributed by atoms with Gasteiger partial charge in [-0.15, -0.1) is 0 Å². The van der Waals surface area contributed by atoms with Crippen molar-refractivity contribution in [2.45, 2.75) is 39.7 Å². The summed E-state index contributed by atoms with van der Waals surface area (Å²) in [5.41, 5.74) is 3.66. The van der Waals surface area contributed by atoms with Crippen LogP contribution in [-0.4, -0.2) is 19.7 Å². The van der Waals surface area contributed by atoms with Crippen molar-refractivity contribution in [2.24, 2.45) is 0 Å². The molecule has 0 radical (unpaired) electrons. The highest BCUT2D eigenvalue weighted by molar-refractivity contribution is 5.51. The van der Waals surface area contributed by atoms with E-state index in [0.717, 1.165) is 35.9 Å². The van der Waals surface area contributed by atoms with Gasteiger partial charge in [0.25, 0.3) is 0 Å². The SMILES string of the molecule is Cc1nc(-c2oc(C)nc2C)n(C2Cc3ccccc3C2)n1. The van der Waals surface area contributed by atoms with Crippen LogP contribution in [0.3, 0.4) is 0 Å². The lowest BCUT2D eigenvalue weighted by molar-refractivity contribution is 0.463. The fourth-order valence-corrected chi connectivity index (χ4v) is 3.29. The minimum Gasteiger partial charge on any atom is -0.437 e. The highest BCUT2D eigenvalue weighted by Gasteiger charge is 2.28. The Balaban J connectivity index is 1.77. The summed E-state index contributed by atoms with van der Waals surface area (Å²) in [4.78, 5) is 8.94. The molecule has 0 bridgehead atoms. The van der Waals surface area contributed by atoms with Crippen molar-refractivity contribution in [2.75, 3.05) is 0 Å². The van der Waals surface area contributed by atoms with Crippen molar-refractivity contribution in [1.29, 1.82) is 0 Å². The van der Waals surface area contributed by atoms with Gasteiger partial charge in [-0.05, 0) is 37.8 Å². The van der Waals surface area contributed by atoms with E-state index in [1.807, 2.05) is 25.5 Å². The van der Waals surface area contributed by atoms with Gasteiger partial charge < -0.3 is 4.42 Å². The van der Waals surface area contributed by atoms with Crippen LogP contribution >= 0.6 is 0 Å². The van der Waals surface area contributed by atoms with Crippen LogP contribution in [0.4, 0.5) is 0 Å². The molecule has 0 unspecified atom stereocenters. The molecular weight excluding hydrogens is 276 g/mol. The molecule has 1 aliphatic carbocycles. The van der Waals surface area contributed by atoms with Crippen LogP contribution in [0.1, 0.15) is 34.6 Å². The quantitative estimate of drug-likeness (QED) is 0.728. The molecule has 5 heteroatoms. The van der Waals surface area contributed by atoms with Crippen LogP contribution in [-0.2, 0) is 12.8 Å². The van der Waals surface area contributed by atoms with E-state index in [9.17, 15) is 0 Å². The van der Waals surface area contributed by atoms with Gasteiger partial charge in [-0.3, -0.25) is 0 Å². The van der Waals surface area contributed by atoms with Gasteiger partial charge in [-0.2, -0.15) is 5.10 Å². The van der Waals surface area contributed by atoms with E-state index in [0.29, 0.717) is 11.9 Å². The first-order valence-corrected chi connectivity index (χ1v) is 7.56. The van der Waals surface area contributed by atoms with Gasteiger partial charge in [0.1, 0.15) is 5.82 Å². The first-order valence-electron chi connectivity index (χ1n) is 7.56. The average molecular weight is 294 g/mol. The predicted molar refractivity (Wildman–Crippen MR) is 82.6 cm³/mol. The number of aromatic nitrogens is 4. The molecular formula is C17H18N4O. The second-order valence-electron chi connectivity index (χ2n) is 5.91. The van der Waals surface area contributed by atoms with Gasteiger partial charge in [-0.25, -0.2) is 14.6 Å². The first kappa shape index (κ1) is 13.2. The molecule has 0 atom stereocenters. The molecule has 0 fully saturated rings. The molecule has 5 nitrogen and oxygen atoms in total. The standard InChI is InChI=1S/C17H18N4O/c1-10-16(22-12(3)18-10)17-19-11(2)20-21(17)15-8-13-6-4-5-7-14(13)9-15/h4-7,15H,8-9H2,1-3H3. The number of oxazole rings is 1. The lowest BCUT2D eigenvalue weighted by atomic mass is 10.1. The Bertz CT molecular complexity index is 821. The van der Waals surface area contributed by atoms with Gasteiger partial charge in [-0.1, -0.05) is 24.3 Å². The van der Waals surface area contributed by atoms with E-state index in [2.05, 4.69) is 39.3 Å². The summed E-state index contributed by atoms with van der Waals surface area (Å²) in [6, 6.07) is 8.88. The Hall–Kier alpha value is -2.43. The Labute approximate surface area is 129 Å². The average Bonchev–Trinajstić information content (AvgIpc) is 3.14. The molecule has 112 valence electrons. The zero-order valence-electron chi connectivity index (χ0n) is 13.0. The highest BCUT2D eigenvalue weighted by atomic mass is 16.4. The fraction of sp³-hybridized carbons (Fsp3) is 0.353. The molecule has 1 aromatic carbocycles. The molecule has 2 aromatic heterocycles. The Morgan fingerprint density at radius 2 is 1.73 bits per heavy atom. The summed E-state index contributed by atoms with van der Waals surface area (Å²) in [6.45, 7) is 5.72. The third-order valence-electron chi connectivity index (χ3n) is 4.22. The molecule has 3 aromatic rings. The molecule has 0 spiro atoms. The smallest absolute Gasteiger partial charge is 0.196 e. The van der Waals surface area contributed by atoms with Crippen molar-refractivity contribution in [3.05, 3.63) is 52.8 Å². The Kier molecular flexibility index (Phi) is 2.89. The summed E-state index contributed by atoms with van der Waals surface area (Å²) < 4.78 is 7.77. The van der Waals surface area contributed by atoms with E-state index < -0.39 is 0 Å². The Morgan fingerprint density at radius 1 is 1.05 bits per heavy atom. The van der Waals surface area contributed by atoms with Crippen molar-refractivity contribution in [3.63, 3.8) is 0 Å². The summed E-state index contributed by atoms with van der Waals surface area (Å²) in [5, 5.41) is 4.62. The van der Waals surface area contributed by atoms with Crippen LogP contribution in [0.2, 0.25) is 0 Å². The third kappa shape index (κ3) is 2.04. The van der Waals surface area contributed by atoms with E-state index >= 15 is 0 Å². The normalized spacial score (nSPS) is 14.5. The van der Waals surface area contributed by atoms with Crippen LogP contribution in [0.5, 0.6) is 0 Å². The fourth-order valence-electron chi connectivity index (χ4n) is 3.29. The van der Waals surface area contributed by atoms with E-state index in [-0.39, 0.29) is 0 Å². The molecule has 0 saturated heterocycles. The van der Waals surface area contributed by atoms with Gasteiger partial charge in [0.2, 0.25) is 0 Å². The van der Waals surface area contributed by atoms with Crippen molar-refractivity contribution < 1.29 is 4.42 Å². The van der Waals surface area contributed by atoms with Gasteiger partial charge in [0, 0.05) is 6.92 Å². The maximum absolute atomic E-state index is 5.76. The van der Waals surface area contributed by atoms with Crippen LogP contribution < -0.4 is 0 Å². The minimum atomic E-state index is 0.290. The molecule has 22 heavy (non-hydrogen) atoms. The molecule has 0 amide bonds. The minimum absolute atomic E-state index is 0.290. The second kappa shape index (κ2) is 4.80. The van der Waals surface area contributed by atoms with Crippen molar-refractivity contribution >= 4 is 0 Å². The first-order chi connectivity index (χ1) is 10.6. The summed E-state index contributed by atoms with van der Waals surface area (Å²) in [5.74, 6) is 2.94. The summed E-state index contributed by atoms with van der Waals surface area (Å²) in [6.07, 6.45) is 1.97. The molecule has 0 saturated carbocycles. The third-order valence-corrected chi connectivity index (χ3v) is 4.22. The lowest BCUT2D eigenvalue weighted by Gasteiger charge is -2.11. The topological polar surface area (TPSA) is 56.7 Å². The molecule has 0 N–H and O–H groups in total. The van der Waals surface area contributed by atoms with Gasteiger partial charge in [0.15, 0.2) is 17.5 Å². The van der Waals surface area contributed by atoms with E-state index in [1.54, 1.807) is 0 Å². The maximum Gasteiger partial charge on any atom is 0.196 e. The summed E-state index contributed by atoms with van der Waals surface area (Å²) >= 11 is 0. The summed E-state index contributed by atoms with van der Waals surface area (Å²) in [7, 11) is 0. The second-order valence-corrected chi connectivity index (χ2v) is 5.91. The number of benzene rings is 1. The van der Waals surface area contributed by atoms with Crippen molar-refractivity contribution in [1.82, 2.24) is 19.7 Å². The van der Waals surface area contributed by atoms with Crippen LogP contribution in [0.25, 0.3) is 11.6 Å². The van der Waals surface area contributed by atoms with Crippen molar-refractivity contribution in [3.8, 4) is 11.6 Å². The number of hydrogen-bond acceptors (Lipinski definition) is 4. The molecule has 2 heterocycles. The Morgan fingerprint density at radius 3 is 2.32 bits per heavy atom. The van der Waals surface area contributed by atoms with Crippen LogP contribution in [0, 0.1) is 20.8 Å². The predicted octanol–water partition coefficient (Wildman–Crippen LogP) is 3.20. The number of rotatable bonds is 2. The molecule has 1 aliphatic rings. The zero-order valence-corrected chi connectivity index (χ0v) is 13.0. The van der Waals surface area contributed by atoms with E-state index in [1.165, 1.54) is 11.1 Å². The maximum atomic E-state index is 5.76. The van der Waals surface area contributed by atoms with E-state index in [4.69, 9.17) is 4.42 Å². The number of fused-ring (bicyclic) bond motifs is 1. The highest BCUT2D eigenvalue weighted by Crippen LogP contribution is 2.33. The van der Waals surface area contributed by atoms with Crippen LogP contribution in [0.15, 0.2) is 28.7 Å². The van der Waals surface area contributed by atoms with Gasteiger partial charge >= 0.3 is 0 Å². The number of aryl methyl sites for hydroxylation is 3. The molecule has 4 rings (SSSR count). The number of hydrogen-bond donors (Lipinski definition) is 0.